The molecule has 29 heavy (non-hydrogen) atoms. The van der Waals surface area contributed by atoms with Crippen molar-refractivity contribution in [3.63, 3.8) is 0 Å². The molecular weight excluding hydrogens is 388 g/mol. The van der Waals surface area contributed by atoms with Crippen LogP contribution in [0.2, 0.25) is 0 Å². The summed E-state index contributed by atoms with van der Waals surface area (Å²) in [5, 5.41) is 11.5. The molecule has 1 fully saturated rings. The third-order valence-corrected chi connectivity index (χ3v) is 6.61. The van der Waals surface area contributed by atoms with Gasteiger partial charge < -0.3 is 14.9 Å². The van der Waals surface area contributed by atoms with Crippen molar-refractivity contribution in [2.45, 2.75) is 32.7 Å². The number of nitrogens with zero attached hydrogens (tertiary/aromatic N) is 4. The molecule has 1 saturated heterocycles. The van der Waals surface area contributed by atoms with Gasteiger partial charge in [-0.3, -0.25) is 14.6 Å². The van der Waals surface area contributed by atoms with E-state index in [-0.39, 0.29) is 11.4 Å². The van der Waals surface area contributed by atoms with E-state index in [1.54, 1.807) is 36.4 Å². The quantitative estimate of drug-likeness (QED) is 0.734. The van der Waals surface area contributed by atoms with Crippen molar-refractivity contribution in [1.29, 1.82) is 0 Å². The summed E-state index contributed by atoms with van der Waals surface area (Å²) in [6.07, 6.45) is 5.61. The molecular formula is C21H24N4O3S. The lowest BCUT2D eigenvalue weighted by molar-refractivity contribution is -0.129. The standard InChI is InChI=1S/C21H24N4O3S/c1-13-20(29-14(2)23-13)18(26)16-17(15-5-7-22-8-6-15)25(21(28)19(16)27)12-11-24-9-3-4-10-24/h5-8,17,27H,3-4,9-12H2,1-2H3. The predicted molar refractivity (Wildman–Crippen MR) is 110 cm³/mol. The van der Waals surface area contributed by atoms with Crippen LogP contribution < -0.4 is 0 Å². The number of aliphatic hydroxyl groups excluding tert-OH is 1. The summed E-state index contributed by atoms with van der Waals surface area (Å²) in [5.41, 5.74) is 1.52. The maximum Gasteiger partial charge on any atom is 0.290 e. The molecule has 0 spiro atoms. The second-order valence-corrected chi connectivity index (χ2v) is 8.67. The molecule has 2 aliphatic rings. The van der Waals surface area contributed by atoms with Crippen molar-refractivity contribution in [2.24, 2.45) is 0 Å². The van der Waals surface area contributed by atoms with Gasteiger partial charge in [0.15, 0.2) is 5.76 Å². The Morgan fingerprint density at radius 2 is 1.90 bits per heavy atom. The minimum absolute atomic E-state index is 0.134. The van der Waals surface area contributed by atoms with Gasteiger partial charge in [0, 0.05) is 25.5 Å². The molecule has 2 aromatic heterocycles. The van der Waals surface area contributed by atoms with Gasteiger partial charge in [-0.1, -0.05) is 0 Å². The largest absolute Gasteiger partial charge is 0.503 e. The predicted octanol–water partition coefficient (Wildman–Crippen LogP) is 2.83. The number of carbonyl (C=O) groups excluding carboxylic acids is 2. The van der Waals surface area contributed by atoms with Gasteiger partial charge in [0.05, 0.1) is 27.2 Å². The fourth-order valence-electron chi connectivity index (χ4n) is 4.13. The van der Waals surface area contributed by atoms with Crippen molar-refractivity contribution in [2.75, 3.05) is 26.2 Å². The highest BCUT2D eigenvalue weighted by atomic mass is 32.1. The number of carbonyl (C=O) groups is 2. The molecule has 7 nitrogen and oxygen atoms in total. The van der Waals surface area contributed by atoms with E-state index in [9.17, 15) is 14.7 Å². The molecule has 2 aromatic rings. The molecule has 0 saturated carbocycles. The molecule has 152 valence electrons. The van der Waals surface area contributed by atoms with E-state index in [1.165, 1.54) is 24.2 Å². The Morgan fingerprint density at radius 3 is 2.52 bits per heavy atom. The molecule has 1 N–H and O–H groups in total. The summed E-state index contributed by atoms with van der Waals surface area (Å²) < 4.78 is 0. The highest BCUT2D eigenvalue weighted by Crippen LogP contribution is 2.39. The Bertz CT molecular complexity index is 964. The molecule has 2 aliphatic heterocycles. The highest BCUT2D eigenvalue weighted by Gasteiger charge is 2.44. The number of hydrogen-bond donors (Lipinski definition) is 1. The Labute approximate surface area is 173 Å². The van der Waals surface area contributed by atoms with Crippen LogP contribution in [0.1, 0.15) is 44.8 Å². The number of pyridine rings is 1. The van der Waals surface area contributed by atoms with Gasteiger partial charge in [0.25, 0.3) is 5.91 Å². The van der Waals surface area contributed by atoms with Crippen LogP contribution in [0.15, 0.2) is 35.9 Å². The van der Waals surface area contributed by atoms with Crippen LogP contribution in [-0.4, -0.2) is 62.7 Å². The summed E-state index contributed by atoms with van der Waals surface area (Å²) in [6, 6.07) is 2.96. The average molecular weight is 413 g/mol. The van der Waals surface area contributed by atoms with Gasteiger partial charge in [-0.15, -0.1) is 11.3 Å². The minimum atomic E-state index is -0.623. The van der Waals surface area contributed by atoms with Crippen LogP contribution in [-0.2, 0) is 4.79 Å². The zero-order chi connectivity index (χ0) is 20.5. The van der Waals surface area contributed by atoms with Crippen LogP contribution in [0.3, 0.4) is 0 Å². The van der Waals surface area contributed by atoms with E-state index in [0.717, 1.165) is 30.2 Å². The van der Waals surface area contributed by atoms with E-state index < -0.39 is 17.7 Å². The van der Waals surface area contributed by atoms with Gasteiger partial charge in [0.1, 0.15) is 0 Å². The molecule has 4 rings (SSSR count). The number of aryl methyl sites for hydroxylation is 2. The molecule has 0 aliphatic carbocycles. The summed E-state index contributed by atoms with van der Waals surface area (Å²) in [5.74, 6) is -1.28. The zero-order valence-corrected chi connectivity index (χ0v) is 17.4. The van der Waals surface area contributed by atoms with Gasteiger partial charge in [-0.2, -0.15) is 0 Å². The third kappa shape index (κ3) is 3.70. The maximum atomic E-state index is 13.4. The lowest BCUT2D eigenvalue weighted by Crippen LogP contribution is -2.37. The van der Waals surface area contributed by atoms with E-state index in [0.29, 0.717) is 17.1 Å². The number of amides is 1. The van der Waals surface area contributed by atoms with E-state index in [1.807, 2.05) is 6.92 Å². The summed E-state index contributed by atoms with van der Waals surface area (Å²) in [4.78, 5) is 39.1. The van der Waals surface area contributed by atoms with Gasteiger partial charge >= 0.3 is 0 Å². The SMILES string of the molecule is Cc1nc(C)c(C(=O)C2=C(O)C(=O)N(CCN3CCCC3)C2c2ccncc2)s1. The fraction of sp³-hybridized carbons (Fsp3) is 0.429. The second-order valence-electron chi connectivity index (χ2n) is 7.47. The van der Waals surface area contributed by atoms with Crippen molar-refractivity contribution in [3.05, 3.63) is 57.0 Å². The van der Waals surface area contributed by atoms with Crippen molar-refractivity contribution in [1.82, 2.24) is 19.8 Å². The number of hydrogen-bond acceptors (Lipinski definition) is 7. The first-order valence-corrected chi connectivity index (χ1v) is 10.6. The number of likely N-dealkylation sites (tertiary alicyclic amines) is 1. The molecule has 4 heterocycles. The van der Waals surface area contributed by atoms with E-state index in [4.69, 9.17) is 0 Å². The molecule has 1 atom stereocenters. The molecule has 8 heteroatoms. The summed E-state index contributed by atoms with van der Waals surface area (Å²) >= 11 is 1.29. The van der Waals surface area contributed by atoms with Crippen LogP contribution >= 0.6 is 11.3 Å². The number of Topliss-reactive ketones (excluding diaryl/α,β-unsaturated/α-hetero) is 1. The number of rotatable bonds is 6. The lowest BCUT2D eigenvalue weighted by Gasteiger charge is -2.28. The van der Waals surface area contributed by atoms with Crippen LogP contribution in [0.5, 0.6) is 0 Å². The van der Waals surface area contributed by atoms with Gasteiger partial charge in [-0.25, -0.2) is 4.98 Å². The average Bonchev–Trinajstić information content (AvgIpc) is 3.41. The van der Waals surface area contributed by atoms with Crippen LogP contribution in [0, 0.1) is 13.8 Å². The van der Waals surface area contributed by atoms with Crippen molar-refractivity contribution in [3.8, 4) is 0 Å². The van der Waals surface area contributed by atoms with E-state index in [2.05, 4.69) is 14.9 Å². The monoisotopic (exact) mass is 412 g/mol. The van der Waals surface area contributed by atoms with Crippen molar-refractivity contribution >= 4 is 23.0 Å². The molecule has 0 aromatic carbocycles. The van der Waals surface area contributed by atoms with Crippen LogP contribution in [0.4, 0.5) is 0 Å². The maximum absolute atomic E-state index is 13.4. The Morgan fingerprint density at radius 1 is 1.21 bits per heavy atom. The van der Waals surface area contributed by atoms with Crippen LogP contribution in [0.25, 0.3) is 0 Å². The normalized spacial score (nSPS) is 20.1. The van der Waals surface area contributed by atoms with Gasteiger partial charge in [-0.05, 0) is 57.5 Å². The first-order valence-electron chi connectivity index (χ1n) is 9.82. The molecule has 0 bridgehead atoms. The Hall–Kier alpha value is -2.58. The summed E-state index contributed by atoms with van der Waals surface area (Å²) in [7, 11) is 0. The number of aliphatic hydroxyl groups is 1. The smallest absolute Gasteiger partial charge is 0.290 e. The topological polar surface area (TPSA) is 86.6 Å². The molecule has 1 amide bonds. The summed E-state index contributed by atoms with van der Waals surface area (Å²) in [6.45, 7) is 6.83. The number of thiazole rings is 1. The highest BCUT2D eigenvalue weighted by molar-refractivity contribution is 7.14. The molecule has 1 unspecified atom stereocenters. The third-order valence-electron chi connectivity index (χ3n) is 5.54. The first kappa shape index (κ1) is 19.7. The Kier molecular flexibility index (Phi) is 5.47. The number of aromatic nitrogens is 2. The number of ketones is 1. The minimum Gasteiger partial charge on any atom is -0.503 e. The lowest BCUT2D eigenvalue weighted by atomic mass is 9.96. The van der Waals surface area contributed by atoms with E-state index >= 15 is 0 Å². The Balaban J connectivity index is 1.70. The van der Waals surface area contributed by atoms with Gasteiger partial charge in [0.2, 0.25) is 5.78 Å². The molecule has 0 radical (unpaired) electrons. The van der Waals surface area contributed by atoms with Crippen molar-refractivity contribution < 1.29 is 14.7 Å². The first-order chi connectivity index (χ1) is 14.0. The second kappa shape index (κ2) is 8.04. The zero-order valence-electron chi connectivity index (χ0n) is 16.6. The fourth-order valence-corrected chi connectivity index (χ4v) is 5.00.